The van der Waals surface area contributed by atoms with Crippen LogP contribution < -0.4 is 15.5 Å². The van der Waals surface area contributed by atoms with E-state index in [2.05, 4.69) is 15.5 Å². The molecule has 4 N–H and O–H groups in total. The second kappa shape index (κ2) is 12.7. The van der Waals surface area contributed by atoms with Crippen LogP contribution in [0.5, 0.6) is 0 Å². The van der Waals surface area contributed by atoms with Gasteiger partial charge in [0.15, 0.2) is 5.82 Å². The first-order chi connectivity index (χ1) is 19.5. The van der Waals surface area contributed by atoms with Crippen molar-refractivity contribution in [1.29, 1.82) is 0 Å². The molecule has 12 nitrogen and oxygen atoms in total. The summed E-state index contributed by atoms with van der Waals surface area (Å²) in [6.07, 6.45) is 1.16. The standard InChI is InChI=1S/C28H31N5O7/c34-11-13-38-27(36)29-20-5-1-18(2-6-20)24-15-25(33-16-22-9-10-23(17-33)40-22)32-26(31-24)19-3-7-21(8-4-19)30-28(37)39-14-12-35/h1-8,15,22-23,34-35H,9-14,16-17H2,(H,29,36)(H,30,37). The van der Waals surface area contributed by atoms with E-state index in [-0.39, 0.29) is 38.6 Å². The van der Waals surface area contributed by atoms with E-state index in [1.165, 1.54) is 0 Å². The second-order valence-electron chi connectivity index (χ2n) is 9.42. The summed E-state index contributed by atoms with van der Waals surface area (Å²) in [5.74, 6) is 1.32. The van der Waals surface area contributed by atoms with Gasteiger partial charge in [-0.05, 0) is 49.2 Å². The van der Waals surface area contributed by atoms with Crippen molar-refractivity contribution < 1.29 is 34.0 Å². The number of morpholine rings is 1. The van der Waals surface area contributed by atoms with Gasteiger partial charge < -0.3 is 29.3 Å². The van der Waals surface area contributed by atoms with E-state index in [1.54, 1.807) is 24.3 Å². The van der Waals surface area contributed by atoms with Crippen LogP contribution in [-0.4, -0.2) is 84.1 Å². The van der Waals surface area contributed by atoms with Crippen molar-refractivity contribution in [3.05, 3.63) is 54.6 Å². The average Bonchev–Trinajstić information content (AvgIpc) is 3.32. The van der Waals surface area contributed by atoms with Crippen LogP contribution in [0.15, 0.2) is 54.6 Å². The van der Waals surface area contributed by atoms with Crippen LogP contribution in [0.1, 0.15) is 12.8 Å². The molecule has 3 heterocycles. The largest absolute Gasteiger partial charge is 0.447 e. The number of aromatic nitrogens is 2. The van der Waals surface area contributed by atoms with Crippen molar-refractivity contribution in [2.75, 3.05) is 55.1 Å². The minimum atomic E-state index is -0.649. The smallest absolute Gasteiger partial charge is 0.411 e. The van der Waals surface area contributed by atoms with E-state index >= 15 is 0 Å². The number of amides is 2. The van der Waals surface area contributed by atoms with Gasteiger partial charge in [-0.1, -0.05) is 12.1 Å². The van der Waals surface area contributed by atoms with Gasteiger partial charge in [0.2, 0.25) is 0 Å². The predicted octanol–water partition coefficient (Wildman–Crippen LogP) is 3.26. The van der Waals surface area contributed by atoms with Crippen molar-refractivity contribution in [3.8, 4) is 22.6 Å². The molecule has 5 rings (SSSR count). The third-order valence-corrected chi connectivity index (χ3v) is 6.55. The van der Waals surface area contributed by atoms with Gasteiger partial charge in [0.1, 0.15) is 19.0 Å². The molecule has 2 atom stereocenters. The van der Waals surface area contributed by atoms with Gasteiger partial charge in [-0.15, -0.1) is 0 Å². The fourth-order valence-electron chi connectivity index (χ4n) is 4.69. The molecule has 0 saturated carbocycles. The molecule has 12 heteroatoms. The number of aliphatic hydroxyl groups excluding tert-OH is 2. The second-order valence-corrected chi connectivity index (χ2v) is 9.42. The average molecular weight is 550 g/mol. The normalized spacial score (nSPS) is 17.8. The molecular weight excluding hydrogens is 518 g/mol. The molecule has 1 aromatic heterocycles. The summed E-state index contributed by atoms with van der Waals surface area (Å²) in [5, 5.41) is 22.9. The highest BCUT2D eigenvalue weighted by atomic mass is 16.6. The summed E-state index contributed by atoms with van der Waals surface area (Å²) in [7, 11) is 0. The molecule has 40 heavy (non-hydrogen) atoms. The number of benzene rings is 2. The van der Waals surface area contributed by atoms with Gasteiger partial charge in [-0.2, -0.15) is 0 Å². The highest BCUT2D eigenvalue weighted by Gasteiger charge is 2.34. The quantitative estimate of drug-likeness (QED) is 0.313. The number of ether oxygens (including phenoxy) is 3. The zero-order valence-electron chi connectivity index (χ0n) is 21.8. The van der Waals surface area contributed by atoms with Crippen molar-refractivity contribution in [1.82, 2.24) is 9.97 Å². The minimum Gasteiger partial charge on any atom is -0.447 e. The van der Waals surface area contributed by atoms with Crippen LogP contribution in [0.3, 0.4) is 0 Å². The Morgan fingerprint density at radius 2 is 1.35 bits per heavy atom. The zero-order valence-corrected chi connectivity index (χ0v) is 21.8. The van der Waals surface area contributed by atoms with Crippen LogP contribution in [0.25, 0.3) is 22.6 Å². The summed E-state index contributed by atoms with van der Waals surface area (Å²) in [5.41, 5.74) is 3.39. The number of aliphatic hydroxyl groups is 2. The lowest BCUT2D eigenvalue weighted by molar-refractivity contribution is 0.0302. The molecule has 210 valence electrons. The van der Waals surface area contributed by atoms with Gasteiger partial charge in [-0.3, -0.25) is 10.6 Å². The van der Waals surface area contributed by atoms with Crippen molar-refractivity contribution >= 4 is 29.4 Å². The summed E-state index contributed by atoms with van der Waals surface area (Å²) in [4.78, 5) is 35.6. The topological polar surface area (TPSA) is 155 Å². The SMILES string of the molecule is O=C(Nc1ccc(-c2cc(N3CC4CCC(C3)O4)nc(-c3ccc(NC(=O)OCCO)cc3)n2)cc1)OCCO. The number of nitrogens with one attached hydrogen (secondary N) is 2. The maximum Gasteiger partial charge on any atom is 0.411 e. The maximum absolute atomic E-state index is 11.8. The number of rotatable bonds is 9. The number of carbonyl (C=O) groups excluding carboxylic acids is 2. The van der Waals surface area contributed by atoms with Crippen molar-refractivity contribution in [2.24, 2.45) is 0 Å². The molecule has 2 fully saturated rings. The predicted molar refractivity (Wildman–Crippen MR) is 147 cm³/mol. The van der Waals surface area contributed by atoms with Gasteiger partial charge in [-0.25, -0.2) is 19.6 Å². The monoisotopic (exact) mass is 549 g/mol. The van der Waals surface area contributed by atoms with Crippen LogP contribution >= 0.6 is 0 Å². The molecule has 2 unspecified atom stereocenters. The molecule has 0 spiro atoms. The van der Waals surface area contributed by atoms with Gasteiger partial charge in [0.05, 0.1) is 31.1 Å². The number of hydrogen-bond acceptors (Lipinski definition) is 10. The van der Waals surface area contributed by atoms with E-state index in [0.717, 1.165) is 42.9 Å². The molecule has 2 aromatic carbocycles. The fraction of sp³-hybridized carbons (Fsp3) is 0.357. The van der Waals surface area contributed by atoms with E-state index in [1.807, 2.05) is 30.3 Å². The molecule has 0 radical (unpaired) electrons. The number of fused-ring (bicyclic) bond motifs is 2. The van der Waals surface area contributed by atoms with E-state index in [4.69, 9.17) is 34.4 Å². The molecular formula is C28H31N5O7. The molecule has 2 aliphatic rings. The Labute approximate surface area is 230 Å². The van der Waals surface area contributed by atoms with Crippen LogP contribution in [0.2, 0.25) is 0 Å². The van der Waals surface area contributed by atoms with Crippen LogP contribution in [0, 0.1) is 0 Å². The Morgan fingerprint density at radius 3 is 1.88 bits per heavy atom. The third-order valence-electron chi connectivity index (χ3n) is 6.55. The van der Waals surface area contributed by atoms with Gasteiger partial charge >= 0.3 is 12.2 Å². The number of anilines is 3. The highest BCUT2D eigenvalue weighted by Crippen LogP contribution is 2.32. The highest BCUT2D eigenvalue weighted by molar-refractivity contribution is 5.86. The van der Waals surface area contributed by atoms with Crippen molar-refractivity contribution in [2.45, 2.75) is 25.0 Å². The van der Waals surface area contributed by atoms with Crippen LogP contribution in [0.4, 0.5) is 26.8 Å². The molecule has 2 aliphatic heterocycles. The molecule has 2 bridgehead atoms. The van der Waals surface area contributed by atoms with E-state index in [9.17, 15) is 9.59 Å². The van der Waals surface area contributed by atoms with Crippen molar-refractivity contribution in [3.63, 3.8) is 0 Å². The first kappa shape index (κ1) is 27.3. The Balaban J connectivity index is 1.40. The summed E-state index contributed by atoms with van der Waals surface area (Å²) in [6, 6.07) is 16.3. The number of hydrogen-bond donors (Lipinski definition) is 4. The van der Waals surface area contributed by atoms with Gasteiger partial charge in [0.25, 0.3) is 0 Å². The molecule has 3 aromatic rings. The zero-order chi connectivity index (χ0) is 27.9. The first-order valence-electron chi connectivity index (χ1n) is 13.1. The Kier molecular flexibility index (Phi) is 8.69. The third kappa shape index (κ3) is 6.84. The summed E-state index contributed by atoms with van der Waals surface area (Å²) < 4.78 is 15.7. The van der Waals surface area contributed by atoms with Crippen LogP contribution in [-0.2, 0) is 14.2 Å². The molecule has 0 aliphatic carbocycles. The lowest BCUT2D eigenvalue weighted by Crippen LogP contribution is -2.43. The summed E-state index contributed by atoms with van der Waals surface area (Å²) in [6.45, 7) is 0.856. The Morgan fingerprint density at radius 1 is 0.825 bits per heavy atom. The first-order valence-corrected chi connectivity index (χ1v) is 13.1. The maximum atomic E-state index is 11.8. The number of nitrogens with zero attached hydrogens (tertiary/aromatic N) is 3. The van der Waals surface area contributed by atoms with E-state index < -0.39 is 12.2 Å². The number of carbonyl (C=O) groups is 2. The lowest BCUT2D eigenvalue weighted by Gasteiger charge is -2.33. The Bertz CT molecular complexity index is 1220. The van der Waals surface area contributed by atoms with E-state index in [0.29, 0.717) is 22.9 Å². The minimum absolute atomic E-state index is 0.0789. The fourth-order valence-corrected chi connectivity index (χ4v) is 4.69. The summed E-state index contributed by atoms with van der Waals surface area (Å²) >= 11 is 0. The molecule has 2 amide bonds. The van der Waals surface area contributed by atoms with Gasteiger partial charge in [0, 0.05) is 41.7 Å². The lowest BCUT2D eigenvalue weighted by atomic mass is 10.1. The molecule has 2 saturated heterocycles. The Hall–Kier alpha value is -4.26.